The number of para-hydroxylation sites is 2. The molecule has 0 unspecified atom stereocenters. The number of hydrogen-bond donors (Lipinski definition) is 1. The third-order valence-electron chi connectivity index (χ3n) is 4.14. The van der Waals surface area contributed by atoms with Crippen LogP contribution in [0.5, 0.6) is 5.75 Å². The molecule has 3 aromatic carbocycles. The van der Waals surface area contributed by atoms with E-state index in [1.807, 2.05) is 18.2 Å². The molecule has 0 saturated heterocycles. The average Bonchev–Trinajstić information content (AvgIpc) is 3.02. The quantitative estimate of drug-likeness (QED) is 0.530. The smallest absolute Gasteiger partial charge is 0.126 e. The van der Waals surface area contributed by atoms with Gasteiger partial charge >= 0.3 is 0 Å². The zero-order chi connectivity index (χ0) is 15.6. The molecule has 1 heterocycles. The zero-order valence-electron chi connectivity index (χ0n) is 12.9. The predicted molar refractivity (Wildman–Crippen MR) is 95.7 cm³/mol. The first-order chi connectivity index (χ1) is 11.4. The zero-order valence-corrected chi connectivity index (χ0v) is 12.9. The Kier molecular flexibility index (Phi) is 3.35. The summed E-state index contributed by atoms with van der Waals surface area (Å²) in [5.74, 6) is 0.884. The molecule has 0 spiro atoms. The van der Waals surface area contributed by atoms with Crippen LogP contribution < -0.4 is 4.74 Å². The number of hydrogen-bond acceptors (Lipinski definition) is 1. The van der Waals surface area contributed by atoms with Crippen LogP contribution in [0.3, 0.4) is 0 Å². The number of rotatable bonds is 3. The van der Waals surface area contributed by atoms with Crippen LogP contribution in [0.4, 0.5) is 0 Å². The van der Waals surface area contributed by atoms with Gasteiger partial charge in [-0.05, 0) is 17.7 Å². The van der Waals surface area contributed by atoms with E-state index in [4.69, 9.17) is 4.74 Å². The number of nitrogens with one attached hydrogen (secondary N) is 1. The monoisotopic (exact) mass is 299 g/mol. The van der Waals surface area contributed by atoms with Gasteiger partial charge in [-0.25, -0.2) is 0 Å². The Morgan fingerprint density at radius 1 is 0.739 bits per heavy atom. The number of benzene rings is 3. The van der Waals surface area contributed by atoms with E-state index >= 15 is 0 Å². The van der Waals surface area contributed by atoms with Gasteiger partial charge in [-0.2, -0.15) is 0 Å². The maximum Gasteiger partial charge on any atom is 0.126 e. The number of fused-ring (bicyclic) bond motifs is 1. The lowest BCUT2D eigenvalue weighted by Crippen LogP contribution is -1.88. The summed E-state index contributed by atoms with van der Waals surface area (Å²) in [7, 11) is 1.72. The summed E-state index contributed by atoms with van der Waals surface area (Å²) in [4.78, 5) is 3.57. The Labute approximate surface area is 135 Å². The van der Waals surface area contributed by atoms with Gasteiger partial charge < -0.3 is 9.72 Å². The van der Waals surface area contributed by atoms with Gasteiger partial charge in [0.25, 0.3) is 0 Å². The van der Waals surface area contributed by atoms with Gasteiger partial charge in [-0.15, -0.1) is 0 Å². The lowest BCUT2D eigenvalue weighted by Gasteiger charge is -2.10. The molecule has 0 fully saturated rings. The molecule has 0 aliphatic heterocycles. The molecule has 0 bridgehead atoms. The summed E-state index contributed by atoms with van der Waals surface area (Å²) in [6, 6.07) is 27.0. The second-order valence-electron chi connectivity index (χ2n) is 5.49. The van der Waals surface area contributed by atoms with Crippen LogP contribution in [0.15, 0.2) is 78.9 Å². The van der Waals surface area contributed by atoms with Gasteiger partial charge in [0, 0.05) is 22.0 Å². The molecule has 4 rings (SSSR count). The molecule has 0 saturated carbocycles. The second-order valence-corrected chi connectivity index (χ2v) is 5.49. The van der Waals surface area contributed by atoms with Gasteiger partial charge in [-0.1, -0.05) is 66.7 Å². The Bertz CT molecular complexity index is 954. The largest absolute Gasteiger partial charge is 0.496 e. The summed E-state index contributed by atoms with van der Waals surface area (Å²) >= 11 is 0. The minimum Gasteiger partial charge on any atom is -0.496 e. The van der Waals surface area contributed by atoms with Crippen LogP contribution in [0.25, 0.3) is 33.3 Å². The van der Waals surface area contributed by atoms with E-state index in [9.17, 15) is 0 Å². The van der Waals surface area contributed by atoms with Crippen molar-refractivity contribution in [1.82, 2.24) is 4.98 Å². The Morgan fingerprint density at radius 2 is 1.43 bits per heavy atom. The van der Waals surface area contributed by atoms with E-state index in [1.165, 1.54) is 16.5 Å². The van der Waals surface area contributed by atoms with Crippen molar-refractivity contribution in [3.05, 3.63) is 78.9 Å². The summed E-state index contributed by atoms with van der Waals surface area (Å²) < 4.78 is 5.60. The molecule has 0 atom stereocenters. The first kappa shape index (κ1) is 13.6. The van der Waals surface area contributed by atoms with E-state index in [1.54, 1.807) is 7.11 Å². The number of ether oxygens (including phenoxy) is 1. The van der Waals surface area contributed by atoms with Crippen molar-refractivity contribution in [2.45, 2.75) is 0 Å². The summed E-state index contributed by atoms with van der Waals surface area (Å²) in [5, 5.41) is 1.20. The van der Waals surface area contributed by atoms with Crippen molar-refractivity contribution in [3.63, 3.8) is 0 Å². The maximum absolute atomic E-state index is 5.60. The van der Waals surface area contributed by atoms with E-state index in [0.717, 1.165) is 22.5 Å². The van der Waals surface area contributed by atoms with Gasteiger partial charge in [-0.3, -0.25) is 0 Å². The highest BCUT2D eigenvalue weighted by atomic mass is 16.5. The minimum absolute atomic E-state index is 0.884. The molecule has 0 aliphatic rings. The summed E-state index contributed by atoms with van der Waals surface area (Å²) in [6.07, 6.45) is 0. The molecule has 1 aromatic heterocycles. The number of aromatic amines is 1. The topological polar surface area (TPSA) is 25.0 Å². The van der Waals surface area contributed by atoms with Crippen LogP contribution in [0.2, 0.25) is 0 Å². The first-order valence-corrected chi connectivity index (χ1v) is 7.68. The van der Waals surface area contributed by atoms with E-state index in [2.05, 4.69) is 65.6 Å². The SMILES string of the molecule is COc1ccccc1-c1c(-c2ccccc2)[nH]c2ccccc12. The van der Waals surface area contributed by atoms with Gasteiger partial charge in [0.1, 0.15) is 5.75 Å². The number of aromatic nitrogens is 1. The maximum atomic E-state index is 5.60. The van der Waals surface area contributed by atoms with Gasteiger partial charge in [0.15, 0.2) is 0 Å². The average molecular weight is 299 g/mol. The molecule has 0 amide bonds. The molecule has 0 aliphatic carbocycles. The molecular formula is C21H17NO. The second kappa shape index (κ2) is 5.65. The molecule has 112 valence electrons. The number of H-pyrrole nitrogens is 1. The highest BCUT2D eigenvalue weighted by molar-refractivity contribution is 6.04. The van der Waals surface area contributed by atoms with Crippen LogP contribution in [0, 0.1) is 0 Å². The van der Waals surface area contributed by atoms with Crippen molar-refractivity contribution >= 4 is 10.9 Å². The molecule has 0 radical (unpaired) electrons. The lowest BCUT2D eigenvalue weighted by atomic mass is 9.97. The van der Waals surface area contributed by atoms with Crippen LogP contribution in [-0.4, -0.2) is 12.1 Å². The molecule has 1 N–H and O–H groups in total. The Balaban J connectivity index is 2.08. The van der Waals surface area contributed by atoms with Crippen LogP contribution in [0.1, 0.15) is 0 Å². The third-order valence-corrected chi connectivity index (χ3v) is 4.14. The molecular weight excluding hydrogens is 282 g/mol. The van der Waals surface area contributed by atoms with Crippen molar-refractivity contribution < 1.29 is 4.74 Å². The van der Waals surface area contributed by atoms with Crippen molar-refractivity contribution in [2.24, 2.45) is 0 Å². The minimum atomic E-state index is 0.884. The van der Waals surface area contributed by atoms with Crippen molar-refractivity contribution in [2.75, 3.05) is 7.11 Å². The Morgan fingerprint density at radius 3 is 2.26 bits per heavy atom. The van der Waals surface area contributed by atoms with E-state index in [0.29, 0.717) is 0 Å². The molecule has 2 heteroatoms. The van der Waals surface area contributed by atoms with Gasteiger partial charge in [0.05, 0.1) is 12.8 Å². The fourth-order valence-electron chi connectivity index (χ4n) is 3.09. The normalized spacial score (nSPS) is 10.8. The predicted octanol–water partition coefficient (Wildman–Crippen LogP) is 5.51. The van der Waals surface area contributed by atoms with Crippen molar-refractivity contribution in [3.8, 4) is 28.1 Å². The fraction of sp³-hybridized carbons (Fsp3) is 0.0476. The summed E-state index contributed by atoms with van der Waals surface area (Å²) in [6.45, 7) is 0. The molecule has 2 nitrogen and oxygen atoms in total. The molecule has 23 heavy (non-hydrogen) atoms. The summed E-state index contributed by atoms with van der Waals surface area (Å²) in [5.41, 5.74) is 5.71. The Hall–Kier alpha value is -3.00. The highest BCUT2D eigenvalue weighted by Crippen LogP contribution is 2.41. The lowest BCUT2D eigenvalue weighted by molar-refractivity contribution is 0.416. The van der Waals surface area contributed by atoms with Crippen LogP contribution >= 0.6 is 0 Å². The fourth-order valence-corrected chi connectivity index (χ4v) is 3.09. The van der Waals surface area contributed by atoms with Crippen LogP contribution in [-0.2, 0) is 0 Å². The number of methoxy groups -OCH3 is 1. The third kappa shape index (κ3) is 2.29. The first-order valence-electron chi connectivity index (χ1n) is 7.68. The highest BCUT2D eigenvalue weighted by Gasteiger charge is 2.17. The van der Waals surface area contributed by atoms with Gasteiger partial charge in [0.2, 0.25) is 0 Å². The molecule has 4 aromatic rings. The van der Waals surface area contributed by atoms with E-state index < -0.39 is 0 Å². The standard InChI is InChI=1S/C21H17NO/c1-23-19-14-8-6-12-17(19)20-16-11-5-7-13-18(16)22-21(20)15-9-3-2-4-10-15/h2-14,22H,1H3. The van der Waals surface area contributed by atoms with Crippen molar-refractivity contribution in [1.29, 1.82) is 0 Å². The van der Waals surface area contributed by atoms with E-state index in [-0.39, 0.29) is 0 Å².